The highest BCUT2D eigenvalue weighted by molar-refractivity contribution is 5.68. The third-order valence-electron chi connectivity index (χ3n) is 2.13. The number of rotatable bonds is 3. The summed E-state index contributed by atoms with van der Waals surface area (Å²) in [6.07, 6.45) is -0.492. The van der Waals surface area contributed by atoms with E-state index >= 15 is 0 Å². The van der Waals surface area contributed by atoms with E-state index in [9.17, 15) is 4.79 Å². The number of ether oxygens (including phenoxy) is 2. The number of amides is 1. The van der Waals surface area contributed by atoms with Gasteiger partial charge in [-0.2, -0.15) is 0 Å². The number of carbonyl (C=O) groups is 1. The first-order valence-electron chi connectivity index (χ1n) is 5.10. The molecule has 0 saturated carbocycles. The number of hydrogen-bond donors (Lipinski definition) is 2. The Labute approximate surface area is 89.8 Å². The Morgan fingerprint density at radius 2 is 2.20 bits per heavy atom. The van der Waals surface area contributed by atoms with Crippen molar-refractivity contribution in [2.45, 2.75) is 32.4 Å². The molecular weight excluding hydrogens is 198 g/mol. The second-order valence-corrected chi connectivity index (χ2v) is 4.73. The van der Waals surface area contributed by atoms with Gasteiger partial charge in [-0.15, -0.1) is 0 Å². The molecule has 0 aromatic heterocycles. The van der Waals surface area contributed by atoms with E-state index in [1.165, 1.54) is 0 Å². The van der Waals surface area contributed by atoms with E-state index in [0.29, 0.717) is 13.2 Å². The predicted molar refractivity (Wildman–Crippen MR) is 54.6 cm³/mol. The SMILES string of the molecule is CC(C)(C)OC(=O)N[C@@H](CO)C1COC1. The van der Waals surface area contributed by atoms with Gasteiger partial charge in [0.1, 0.15) is 5.60 Å². The summed E-state index contributed by atoms with van der Waals surface area (Å²) in [5.74, 6) is 0.197. The minimum absolute atomic E-state index is 0.0900. The van der Waals surface area contributed by atoms with Crippen LogP contribution in [0.5, 0.6) is 0 Å². The van der Waals surface area contributed by atoms with Crippen LogP contribution in [0, 0.1) is 5.92 Å². The van der Waals surface area contributed by atoms with E-state index in [-0.39, 0.29) is 18.6 Å². The van der Waals surface area contributed by atoms with Crippen molar-refractivity contribution in [2.24, 2.45) is 5.92 Å². The molecule has 1 saturated heterocycles. The van der Waals surface area contributed by atoms with E-state index in [4.69, 9.17) is 14.6 Å². The summed E-state index contributed by atoms with van der Waals surface area (Å²) in [7, 11) is 0. The lowest BCUT2D eigenvalue weighted by molar-refractivity contribution is -0.0587. The molecule has 0 bridgehead atoms. The normalized spacial score (nSPS) is 19.2. The van der Waals surface area contributed by atoms with Gasteiger partial charge in [-0.1, -0.05) is 0 Å². The predicted octanol–water partition coefficient (Wildman–Crippen LogP) is 0.518. The first kappa shape index (κ1) is 12.3. The van der Waals surface area contributed by atoms with Crippen molar-refractivity contribution in [1.82, 2.24) is 5.32 Å². The molecule has 0 aromatic carbocycles. The Bertz CT molecular complexity index is 220. The molecular formula is C10H19NO4. The number of hydrogen-bond acceptors (Lipinski definition) is 4. The Balaban J connectivity index is 2.34. The topological polar surface area (TPSA) is 67.8 Å². The fraction of sp³-hybridized carbons (Fsp3) is 0.900. The molecule has 0 unspecified atom stereocenters. The fourth-order valence-electron chi connectivity index (χ4n) is 1.26. The summed E-state index contributed by atoms with van der Waals surface area (Å²) in [6, 6.07) is -0.270. The molecule has 5 nitrogen and oxygen atoms in total. The molecule has 1 heterocycles. The van der Waals surface area contributed by atoms with Gasteiger partial charge in [0.25, 0.3) is 0 Å². The Morgan fingerprint density at radius 3 is 2.53 bits per heavy atom. The van der Waals surface area contributed by atoms with E-state index in [0.717, 1.165) is 0 Å². The quantitative estimate of drug-likeness (QED) is 0.723. The van der Waals surface area contributed by atoms with Crippen molar-refractivity contribution in [3.8, 4) is 0 Å². The highest BCUT2D eigenvalue weighted by atomic mass is 16.6. The highest BCUT2D eigenvalue weighted by Crippen LogP contribution is 2.15. The maximum atomic E-state index is 11.4. The molecule has 1 aliphatic heterocycles. The molecule has 1 aliphatic rings. The molecule has 0 spiro atoms. The maximum absolute atomic E-state index is 11.4. The molecule has 0 radical (unpaired) electrons. The molecule has 0 aliphatic carbocycles. The second kappa shape index (κ2) is 4.81. The van der Waals surface area contributed by atoms with Crippen molar-refractivity contribution < 1.29 is 19.4 Å². The van der Waals surface area contributed by atoms with Crippen molar-refractivity contribution >= 4 is 6.09 Å². The highest BCUT2D eigenvalue weighted by Gasteiger charge is 2.30. The van der Waals surface area contributed by atoms with Gasteiger partial charge < -0.3 is 19.9 Å². The number of nitrogens with one attached hydrogen (secondary N) is 1. The zero-order valence-corrected chi connectivity index (χ0v) is 9.45. The van der Waals surface area contributed by atoms with Crippen LogP contribution in [0.15, 0.2) is 0 Å². The second-order valence-electron chi connectivity index (χ2n) is 4.73. The van der Waals surface area contributed by atoms with Crippen LogP contribution in [0.4, 0.5) is 4.79 Å². The van der Waals surface area contributed by atoms with Gasteiger partial charge in [-0.3, -0.25) is 0 Å². The largest absolute Gasteiger partial charge is 0.444 e. The standard InChI is InChI=1S/C10H19NO4/c1-10(2,3)15-9(13)11-8(4-12)7-5-14-6-7/h7-8,12H,4-6H2,1-3H3,(H,11,13)/t8-/m0/s1. The molecule has 1 rings (SSSR count). The van der Waals surface area contributed by atoms with Crippen molar-refractivity contribution in [2.75, 3.05) is 19.8 Å². The van der Waals surface area contributed by atoms with E-state index < -0.39 is 11.7 Å². The third kappa shape index (κ3) is 4.05. The Morgan fingerprint density at radius 1 is 1.60 bits per heavy atom. The molecule has 2 N–H and O–H groups in total. The average Bonchev–Trinajstić information content (AvgIpc) is 1.95. The van der Waals surface area contributed by atoms with E-state index in [1.807, 2.05) is 0 Å². The Hall–Kier alpha value is -0.810. The zero-order valence-electron chi connectivity index (χ0n) is 9.45. The number of aliphatic hydroxyl groups is 1. The van der Waals surface area contributed by atoms with Gasteiger partial charge in [0, 0.05) is 5.92 Å². The van der Waals surface area contributed by atoms with Gasteiger partial charge >= 0.3 is 6.09 Å². The van der Waals surface area contributed by atoms with Crippen LogP contribution in [-0.4, -0.2) is 42.7 Å². The smallest absolute Gasteiger partial charge is 0.407 e. The number of alkyl carbamates (subject to hydrolysis) is 1. The summed E-state index contributed by atoms with van der Waals surface area (Å²) in [5.41, 5.74) is -0.514. The molecule has 1 atom stereocenters. The van der Waals surface area contributed by atoms with Crippen LogP contribution in [0.25, 0.3) is 0 Å². The Kier molecular flexibility index (Phi) is 3.93. The van der Waals surface area contributed by atoms with Crippen molar-refractivity contribution in [3.05, 3.63) is 0 Å². The number of carbonyl (C=O) groups excluding carboxylic acids is 1. The van der Waals surface area contributed by atoms with E-state index in [1.54, 1.807) is 20.8 Å². The molecule has 1 fully saturated rings. The summed E-state index contributed by atoms with van der Waals surface area (Å²) in [5, 5.41) is 11.7. The number of aliphatic hydroxyl groups excluding tert-OH is 1. The summed E-state index contributed by atoms with van der Waals surface area (Å²) >= 11 is 0. The summed E-state index contributed by atoms with van der Waals surface area (Å²) in [4.78, 5) is 11.4. The van der Waals surface area contributed by atoms with Crippen molar-refractivity contribution in [3.63, 3.8) is 0 Å². The van der Waals surface area contributed by atoms with E-state index in [2.05, 4.69) is 5.32 Å². The first-order chi connectivity index (χ1) is 6.92. The molecule has 1 amide bonds. The molecule has 0 aromatic rings. The maximum Gasteiger partial charge on any atom is 0.407 e. The minimum Gasteiger partial charge on any atom is -0.444 e. The van der Waals surface area contributed by atoms with Crippen molar-refractivity contribution in [1.29, 1.82) is 0 Å². The summed E-state index contributed by atoms with van der Waals surface area (Å²) < 4.78 is 10.1. The van der Waals surface area contributed by atoms with Crippen LogP contribution in [0.1, 0.15) is 20.8 Å². The third-order valence-corrected chi connectivity index (χ3v) is 2.13. The van der Waals surface area contributed by atoms with Gasteiger partial charge in [0.05, 0.1) is 25.9 Å². The lowest BCUT2D eigenvalue weighted by Crippen LogP contribution is -2.51. The van der Waals surface area contributed by atoms with Gasteiger partial charge in [-0.05, 0) is 20.8 Å². The zero-order chi connectivity index (χ0) is 11.5. The lowest BCUT2D eigenvalue weighted by Gasteiger charge is -2.33. The molecule has 88 valence electrons. The van der Waals surface area contributed by atoms with Crippen LogP contribution in [-0.2, 0) is 9.47 Å². The summed E-state index contributed by atoms with van der Waals surface area (Å²) in [6.45, 7) is 6.47. The monoisotopic (exact) mass is 217 g/mol. The molecule has 15 heavy (non-hydrogen) atoms. The van der Waals surface area contributed by atoms with Crippen LogP contribution in [0.2, 0.25) is 0 Å². The fourth-order valence-corrected chi connectivity index (χ4v) is 1.26. The lowest BCUT2D eigenvalue weighted by atomic mass is 9.99. The van der Waals surface area contributed by atoms with Gasteiger partial charge in [-0.25, -0.2) is 4.79 Å². The first-order valence-corrected chi connectivity index (χ1v) is 5.10. The van der Waals surface area contributed by atoms with Crippen LogP contribution < -0.4 is 5.32 Å². The van der Waals surface area contributed by atoms with Gasteiger partial charge in [0.15, 0.2) is 0 Å². The minimum atomic E-state index is -0.514. The van der Waals surface area contributed by atoms with Crippen LogP contribution in [0.3, 0.4) is 0 Å². The molecule has 5 heteroatoms. The average molecular weight is 217 g/mol. The van der Waals surface area contributed by atoms with Gasteiger partial charge in [0.2, 0.25) is 0 Å². The van der Waals surface area contributed by atoms with Crippen LogP contribution >= 0.6 is 0 Å².